The minimum Gasteiger partial charge on any atom is -0.431 e. The number of rotatable bonds is 7. The lowest BCUT2D eigenvalue weighted by Gasteiger charge is -2.34. The topological polar surface area (TPSA) is 78.7 Å². The van der Waals surface area contributed by atoms with Crippen LogP contribution in [-0.2, 0) is 16.0 Å². The molecule has 4 rings (SSSR count). The maximum atomic E-state index is 12.6. The summed E-state index contributed by atoms with van der Waals surface area (Å²) in [7, 11) is 0. The highest BCUT2D eigenvalue weighted by Crippen LogP contribution is 2.23. The first-order valence-corrected chi connectivity index (χ1v) is 11.5. The monoisotopic (exact) mass is 438 g/mol. The van der Waals surface area contributed by atoms with Gasteiger partial charge in [0.25, 0.3) is 5.22 Å². The minimum atomic E-state index is -0.0211. The molecule has 0 bridgehead atoms. The van der Waals surface area contributed by atoms with Gasteiger partial charge in [0.1, 0.15) is 5.52 Å². The number of para-hydroxylation sites is 3. The van der Waals surface area contributed by atoms with Gasteiger partial charge >= 0.3 is 0 Å². The van der Waals surface area contributed by atoms with Crippen molar-refractivity contribution in [2.45, 2.75) is 18.6 Å². The summed E-state index contributed by atoms with van der Waals surface area (Å²) < 4.78 is 5.66. The van der Waals surface area contributed by atoms with Gasteiger partial charge in [0, 0.05) is 31.9 Å². The molecule has 1 fully saturated rings. The Labute approximate surface area is 185 Å². The number of nitrogens with one attached hydrogen (secondary N) is 1. The second-order valence-electron chi connectivity index (χ2n) is 7.45. The van der Waals surface area contributed by atoms with Crippen LogP contribution in [0.25, 0.3) is 11.1 Å². The van der Waals surface area contributed by atoms with Crippen LogP contribution in [-0.4, -0.2) is 65.1 Å². The standard InChI is InChI=1S/C23H26N4O3S/c1-2-17-7-3-4-8-18(17)24-21(28)15-26-11-13-27(14-12-26)22(29)16-31-23-25-19-9-5-6-10-20(19)30-23/h3-10H,2,11-16H2,1H3,(H,24,28). The number of fused-ring (bicyclic) bond motifs is 1. The Bertz CT molecular complexity index is 1030. The van der Waals surface area contributed by atoms with Gasteiger partial charge in [-0.3, -0.25) is 14.5 Å². The summed E-state index contributed by atoms with van der Waals surface area (Å²) in [4.78, 5) is 33.3. The van der Waals surface area contributed by atoms with E-state index >= 15 is 0 Å². The first kappa shape index (κ1) is 21.4. The maximum Gasteiger partial charge on any atom is 0.257 e. The number of nitrogens with zero attached hydrogens (tertiary/aromatic N) is 3. The number of thioether (sulfide) groups is 1. The molecule has 162 valence electrons. The number of aromatic nitrogens is 1. The summed E-state index contributed by atoms with van der Waals surface area (Å²) in [6, 6.07) is 15.4. The Morgan fingerprint density at radius 3 is 2.58 bits per heavy atom. The maximum absolute atomic E-state index is 12.6. The van der Waals surface area contributed by atoms with E-state index in [-0.39, 0.29) is 11.8 Å². The zero-order valence-corrected chi connectivity index (χ0v) is 18.4. The van der Waals surface area contributed by atoms with Crippen LogP contribution in [0.4, 0.5) is 5.69 Å². The molecule has 1 aromatic heterocycles. The number of aryl methyl sites for hydroxylation is 1. The van der Waals surface area contributed by atoms with E-state index in [1.54, 1.807) is 0 Å². The molecule has 7 nitrogen and oxygen atoms in total. The van der Waals surface area contributed by atoms with E-state index in [1.165, 1.54) is 11.8 Å². The Morgan fingerprint density at radius 2 is 1.81 bits per heavy atom. The molecule has 0 spiro atoms. The van der Waals surface area contributed by atoms with Crippen LogP contribution in [0.1, 0.15) is 12.5 Å². The molecule has 0 radical (unpaired) electrons. The second kappa shape index (κ2) is 9.98. The third-order valence-electron chi connectivity index (χ3n) is 5.36. The smallest absolute Gasteiger partial charge is 0.257 e. The Morgan fingerprint density at radius 1 is 1.06 bits per heavy atom. The molecule has 1 N–H and O–H groups in total. The molecule has 1 aliphatic heterocycles. The van der Waals surface area contributed by atoms with Crippen molar-refractivity contribution < 1.29 is 14.0 Å². The molecule has 2 amide bonds. The van der Waals surface area contributed by atoms with Gasteiger partial charge in [0.05, 0.1) is 12.3 Å². The number of oxazole rings is 1. The highest BCUT2D eigenvalue weighted by Gasteiger charge is 2.23. The Hall–Kier alpha value is -2.84. The van der Waals surface area contributed by atoms with Crippen molar-refractivity contribution in [2.75, 3.05) is 43.8 Å². The lowest BCUT2D eigenvalue weighted by atomic mass is 10.1. The molecule has 0 aliphatic carbocycles. The number of piperazine rings is 1. The zero-order chi connectivity index (χ0) is 21.6. The van der Waals surface area contributed by atoms with Crippen LogP contribution in [0, 0.1) is 0 Å². The first-order chi connectivity index (χ1) is 15.1. The van der Waals surface area contributed by atoms with E-state index in [9.17, 15) is 9.59 Å². The van der Waals surface area contributed by atoms with E-state index in [4.69, 9.17) is 4.42 Å². The van der Waals surface area contributed by atoms with E-state index in [1.807, 2.05) is 53.4 Å². The normalized spacial score (nSPS) is 14.7. The van der Waals surface area contributed by atoms with E-state index in [0.717, 1.165) is 28.8 Å². The third kappa shape index (κ3) is 5.45. The number of carbonyl (C=O) groups excluding carboxylic acids is 2. The lowest BCUT2D eigenvalue weighted by Crippen LogP contribution is -2.50. The third-order valence-corrected chi connectivity index (χ3v) is 6.17. The van der Waals surface area contributed by atoms with Gasteiger partial charge in [0.15, 0.2) is 5.58 Å². The Balaban J connectivity index is 1.21. The predicted molar refractivity (Wildman–Crippen MR) is 122 cm³/mol. The molecule has 3 aromatic rings. The van der Waals surface area contributed by atoms with Crippen molar-refractivity contribution in [3.8, 4) is 0 Å². The van der Waals surface area contributed by atoms with Crippen molar-refractivity contribution in [3.05, 3.63) is 54.1 Å². The molecular formula is C23H26N4O3S. The van der Waals surface area contributed by atoms with Gasteiger partial charge in [-0.1, -0.05) is 49.0 Å². The van der Waals surface area contributed by atoms with Crippen molar-refractivity contribution in [3.63, 3.8) is 0 Å². The molecule has 0 saturated carbocycles. The fourth-order valence-corrected chi connectivity index (χ4v) is 4.37. The summed E-state index contributed by atoms with van der Waals surface area (Å²) in [6.45, 7) is 5.00. The van der Waals surface area contributed by atoms with Gasteiger partial charge in [-0.25, -0.2) is 4.98 Å². The average Bonchev–Trinajstić information content (AvgIpc) is 3.21. The summed E-state index contributed by atoms with van der Waals surface area (Å²) in [6.07, 6.45) is 0.874. The fourth-order valence-electron chi connectivity index (χ4n) is 3.63. The number of benzene rings is 2. The molecule has 0 atom stereocenters. The SMILES string of the molecule is CCc1ccccc1NC(=O)CN1CCN(C(=O)CSc2nc3ccccc3o2)CC1. The lowest BCUT2D eigenvalue weighted by molar-refractivity contribution is -0.130. The number of hydrogen-bond acceptors (Lipinski definition) is 6. The highest BCUT2D eigenvalue weighted by molar-refractivity contribution is 7.99. The summed E-state index contributed by atoms with van der Waals surface area (Å²) >= 11 is 1.32. The van der Waals surface area contributed by atoms with Crippen LogP contribution >= 0.6 is 11.8 Å². The van der Waals surface area contributed by atoms with Crippen LogP contribution in [0.3, 0.4) is 0 Å². The first-order valence-electron chi connectivity index (χ1n) is 10.5. The van der Waals surface area contributed by atoms with Crippen LogP contribution < -0.4 is 5.32 Å². The molecule has 1 aliphatic rings. The predicted octanol–water partition coefficient (Wildman–Crippen LogP) is 3.27. The number of amides is 2. The summed E-state index contributed by atoms with van der Waals surface area (Å²) in [5.41, 5.74) is 3.53. The van der Waals surface area contributed by atoms with Gasteiger partial charge in [-0.05, 0) is 30.2 Å². The van der Waals surface area contributed by atoms with Crippen LogP contribution in [0.15, 0.2) is 58.2 Å². The van der Waals surface area contributed by atoms with Crippen molar-refractivity contribution in [1.82, 2.24) is 14.8 Å². The van der Waals surface area contributed by atoms with Gasteiger partial charge in [-0.15, -0.1) is 0 Å². The number of hydrogen-bond donors (Lipinski definition) is 1. The molecule has 1 saturated heterocycles. The molecule has 2 aromatic carbocycles. The van der Waals surface area contributed by atoms with Crippen molar-refractivity contribution in [2.24, 2.45) is 0 Å². The highest BCUT2D eigenvalue weighted by atomic mass is 32.2. The largest absolute Gasteiger partial charge is 0.431 e. The quantitative estimate of drug-likeness (QED) is 0.571. The van der Waals surface area contributed by atoms with E-state index in [2.05, 4.69) is 22.1 Å². The van der Waals surface area contributed by atoms with Gasteiger partial charge in [-0.2, -0.15) is 0 Å². The van der Waals surface area contributed by atoms with Gasteiger partial charge < -0.3 is 14.6 Å². The fraction of sp³-hybridized carbons (Fsp3) is 0.348. The zero-order valence-electron chi connectivity index (χ0n) is 17.5. The van der Waals surface area contributed by atoms with Crippen LogP contribution in [0.2, 0.25) is 0 Å². The molecule has 2 heterocycles. The second-order valence-corrected chi connectivity index (χ2v) is 8.38. The van der Waals surface area contributed by atoms with Crippen LogP contribution in [0.5, 0.6) is 0 Å². The van der Waals surface area contributed by atoms with Crippen molar-refractivity contribution in [1.29, 1.82) is 0 Å². The average molecular weight is 439 g/mol. The van der Waals surface area contributed by atoms with E-state index < -0.39 is 0 Å². The van der Waals surface area contributed by atoms with Crippen molar-refractivity contribution >= 4 is 40.4 Å². The molecule has 8 heteroatoms. The summed E-state index contributed by atoms with van der Waals surface area (Å²) in [5.74, 6) is 0.335. The number of anilines is 1. The molecule has 0 unspecified atom stereocenters. The Kier molecular flexibility index (Phi) is 6.89. The van der Waals surface area contributed by atoms with Gasteiger partial charge in [0.2, 0.25) is 11.8 Å². The number of carbonyl (C=O) groups is 2. The van der Waals surface area contributed by atoms with E-state index in [0.29, 0.717) is 43.7 Å². The minimum absolute atomic E-state index is 0.0211. The molecular weight excluding hydrogens is 412 g/mol. The molecule has 31 heavy (non-hydrogen) atoms. The summed E-state index contributed by atoms with van der Waals surface area (Å²) in [5, 5.41) is 3.52.